The van der Waals surface area contributed by atoms with Crippen LogP contribution in [0.25, 0.3) is 115 Å². The van der Waals surface area contributed by atoms with E-state index in [1.807, 2.05) is 6.20 Å². The third-order valence-corrected chi connectivity index (χ3v) is 12.0. The number of para-hydroxylation sites is 1. The SMILES string of the molecule is c1cc(-c2ccc(-c3cnc4c5ccccc5c5ccccc5c4n3)cc2)cc(-c2cccc(-c3ccc4c(c3)c3ccccc3n4-c3cccc4ccccc34)c2)c1. The van der Waals surface area contributed by atoms with E-state index in [4.69, 9.17) is 9.97 Å². The van der Waals surface area contributed by atoms with Crippen molar-refractivity contribution >= 4 is 65.2 Å². The minimum Gasteiger partial charge on any atom is -0.309 e. The van der Waals surface area contributed by atoms with Crippen molar-refractivity contribution in [1.82, 2.24) is 14.5 Å². The highest BCUT2D eigenvalue weighted by molar-refractivity contribution is 6.23. The summed E-state index contributed by atoms with van der Waals surface area (Å²) in [4.78, 5) is 10.2. The molecule has 0 saturated heterocycles. The van der Waals surface area contributed by atoms with E-state index in [1.165, 1.54) is 76.9 Å². The first kappa shape index (κ1) is 33.3. The second kappa shape index (κ2) is 13.4. The van der Waals surface area contributed by atoms with Gasteiger partial charge in [-0.2, -0.15) is 0 Å². The Bertz CT molecular complexity index is 3570. The van der Waals surface area contributed by atoms with Crippen molar-refractivity contribution in [2.45, 2.75) is 0 Å². The van der Waals surface area contributed by atoms with Gasteiger partial charge in [-0.05, 0) is 85.9 Å². The Kier molecular flexibility index (Phi) is 7.54. The maximum Gasteiger partial charge on any atom is 0.0979 e. The molecular formula is C56H35N3. The number of nitrogens with zero attached hydrogens (tertiary/aromatic N) is 3. The van der Waals surface area contributed by atoms with Gasteiger partial charge < -0.3 is 4.57 Å². The Morgan fingerprint density at radius 3 is 1.51 bits per heavy atom. The Morgan fingerprint density at radius 1 is 0.305 bits per heavy atom. The minimum atomic E-state index is 0.867. The molecule has 0 radical (unpaired) electrons. The lowest BCUT2D eigenvalue weighted by atomic mass is 9.95. The number of hydrogen-bond donors (Lipinski definition) is 0. The van der Waals surface area contributed by atoms with E-state index >= 15 is 0 Å². The van der Waals surface area contributed by atoms with E-state index < -0.39 is 0 Å². The lowest BCUT2D eigenvalue weighted by Crippen LogP contribution is -1.95. The normalized spacial score (nSPS) is 11.7. The summed E-state index contributed by atoms with van der Waals surface area (Å²) >= 11 is 0. The molecule has 0 N–H and O–H groups in total. The van der Waals surface area contributed by atoms with Crippen LogP contribution in [0.4, 0.5) is 0 Å². The third kappa shape index (κ3) is 5.44. The zero-order valence-electron chi connectivity index (χ0n) is 32.0. The Labute approximate surface area is 341 Å². The molecule has 12 rings (SSSR count). The summed E-state index contributed by atoms with van der Waals surface area (Å²) in [5.41, 5.74) is 14.5. The molecule has 0 bridgehead atoms. The van der Waals surface area contributed by atoms with Crippen LogP contribution in [0, 0.1) is 0 Å². The van der Waals surface area contributed by atoms with Crippen molar-refractivity contribution in [3.05, 3.63) is 212 Å². The van der Waals surface area contributed by atoms with Gasteiger partial charge in [0.05, 0.1) is 39.6 Å². The van der Waals surface area contributed by atoms with Crippen LogP contribution in [0.3, 0.4) is 0 Å². The van der Waals surface area contributed by atoms with E-state index in [0.717, 1.165) is 38.6 Å². The van der Waals surface area contributed by atoms with Gasteiger partial charge in [-0.15, -0.1) is 0 Å². The molecule has 12 aromatic rings. The topological polar surface area (TPSA) is 30.7 Å². The zero-order valence-corrected chi connectivity index (χ0v) is 32.0. The van der Waals surface area contributed by atoms with Crippen LogP contribution in [0.5, 0.6) is 0 Å². The molecule has 0 aliphatic carbocycles. The number of hydrogen-bond acceptors (Lipinski definition) is 2. The summed E-state index contributed by atoms with van der Waals surface area (Å²) in [5.74, 6) is 0. The predicted octanol–water partition coefficient (Wildman–Crippen LogP) is 14.9. The second-order valence-electron chi connectivity index (χ2n) is 15.4. The molecule has 0 aliphatic heterocycles. The monoisotopic (exact) mass is 749 g/mol. The van der Waals surface area contributed by atoms with Crippen LogP contribution in [-0.2, 0) is 0 Å². The molecule has 0 amide bonds. The van der Waals surface area contributed by atoms with Gasteiger partial charge in [0.2, 0.25) is 0 Å². The summed E-state index contributed by atoms with van der Waals surface area (Å²) in [6.45, 7) is 0. The van der Waals surface area contributed by atoms with Crippen LogP contribution in [0.1, 0.15) is 0 Å². The maximum absolute atomic E-state index is 5.21. The first-order valence-corrected chi connectivity index (χ1v) is 20.1. The molecule has 10 aromatic carbocycles. The smallest absolute Gasteiger partial charge is 0.0979 e. The minimum absolute atomic E-state index is 0.867. The molecule has 0 saturated carbocycles. The van der Waals surface area contributed by atoms with Gasteiger partial charge >= 0.3 is 0 Å². The zero-order chi connectivity index (χ0) is 38.9. The molecule has 3 nitrogen and oxygen atoms in total. The van der Waals surface area contributed by atoms with Crippen molar-refractivity contribution in [2.24, 2.45) is 0 Å². The molecule has 0 spiro atoms. The molecular weight excluding hydrogens is 715 g/mol. The number of aromatic nitrogens is 3. The van der Waals surface area contributed by atoms with Gasteiger partial charge in [0.15, 0.2) is 0 Å². The average molecular weight is 750 g/mol. The van der Waals surface area contributed by atoms with Crippen LogP contribution in [-0.4, -0.2) is 14.5 Å². The summed E-state index contributed by atoms with van der Waals surface area (Å²) < 4.78 is 2.42. The Morgan fingerprint density at radius 2 is 0.797 bits per heavy atom. The molecule has 2 heterocycles. The second-order valence-corrected chi connectivity index (χ2v) is 15.4. The molecule has 3 heteroatoms. The van der Waals surface area contributed by atoms with E-state index in [-0.39, 0.29) is 0 Å². The van der Waals surface area contributed by atoms with Gasteiger partial charge in [0.25, 0.3) is 0 Å². The molecule has 274 valence electrons. The molecule has 0 aliphatic rings. The van der Waals surface area contributed by atoms with Crippen molar-refractivity contribution < 1.29 is 0 Å². The lowest BCUT2D eigenvalue weighted by Gasteiger charge is -2.12. The number of fused-ring (bicyclic) bond motifs is 10. The van der Waals surface area contributed by atoms with Gasteiger partial charge in [-0.1, -0.05) is 170 Å². The molecule has 0 fully saturated rings. The van der Waals surface area contributed by atoms with E-state index in [2.05, 4.69) is 211 Å². The third-order valence-electron chi connectivity index (χ3n) is 12.0. The molecule has 2 aromatic heterocycles. The van der Waals surface area contributed by atoms with Gasteiger partial charge in [-0.3, -0.25) is 4.98 Å². The lowest BCUT2D eigenvalue weighted by molar-refractivity contribution is 1.20. The quantitative estimate of drug-likeness (QED) is 0.164. The molecule has 59 heavy (non-hydrogen) atoms. The average Bonchev–Trinajstić information content (AvgIpc) is 3.65. The maximum atomic E-state index is 5.21. The van der Waals surface area contributed by atoms with Gasteiger partial charge in [-0.25, -0.2) is 4.98 Å². The fourth-order valence-electron chi connectivity index (χ4n) is 9.17. The summed E-state index contributed by atoms with van der Waals surface area (Å²) in [6.07, 6.45) is 1.91. The van der Waals surface area contributed by atoms with Crippen LogP contribution >= 0.6 is 0 Å². The number of rotatable bonds is 5. The highest BCUT2D eigenvalue weighted by atomic mass is 15.0. The van der Waals surface area contributed by atoms with Crippen molar-refractivity contribution in [3.8, 4) is 50.3 Å². The fraction of sp³-hybridized carbons (Fsp3) is 0. The highest BCUT2D eigenvalue weighted by Crippen LogP contribution is 2.39. The van der Waals surface area contributed by atoms with Crippen molar-refractivity contribution in [3.63, 3.8) is 0 Å². The summed E-state index contributed by atoms with van der Waals surface area (Å²) in [5, 5.41) is 9.64. The van der Waals surface area contributed by atoms with Crippen molar-refractivity contribution in [2.75, 3.05) is 0 Å². The van der Waals surface area contributed by atoms with E-state index in [0.29, 0.717) is 0 Å². The first-order valence-electron chi connectivity index (χ1n) is 20.1. The highest BCUT2D eigenvalue weighted by Gasteiger charge is 2.16. The Balaban J connectivity index is 0.879. The summed E-state index contributed by atoms with van der Waals surface area (Å²) in [7, 11) is 0. The standard InChI is InChI=1S/C56H35N3/c1-2-18-44-37(12-1)13-11-25-52(44)59-53-24-8-7-21-47(53)50-34-43(30-31-54(50)59)42-17-10-16-41(33-42)40-15-9-14-39(32-40)36-26-28-38(29-27-36)51-35-57-55-48-22-5-3-19-45(48)46-20-4-6-23-49(46)56(55)58-51/h1-35H. The molecule has 0 unspecified atom stereocenters. The van der Waals surface area contributed by atoms with E-state index in [9.17, 15) is 0 Å². The Hall–Kier alpha value is -7.88. The van der Waals surface area contributed by atoms with Gasteiger partial charge in [0.1, 0.15) is 0 Å². The number of benzene rings is 10. The van der Waals surface area contributed by atoms with Crippen molar-refractivity contribution in [1.29, 1.82) is 0 Å². The van der Waals surface area contributed by atoms with Crippen LogP contribution in [0.2, 0.25) is 0 Å². The van der Waals surface area contributed by atoms with Gasteiger partial charge in [0, 0.05) is 32.5 Å². The van der Waals surface area contributed by atoms with E-state index in [1.54, 1.807) is 0 Å². The van der Waals surface area contributed by atoms with Crippen LogP contribution < -0.4 is 0 Å². The summed E-state index contributed by atoms with van der Waals surface area (Å²) in [6, 6.07) is 74.4. The molecule has 0 atom stereocenters. The predicted molar refractivity (Wildman–Crippen MR) is 248 cm³/mol. The largest absolute Gasteiger partial charge is 0.309 e. The van der Waals surface area contributed by atoms with Crippen LogP contribution in [0.15, 0.2) is 212 Å². The fourth-order valence-corrected chi connectivity index (χ4v) is 9.17. The first-order chi connectivity index (χ1) is 29.2.